The highest BCUT2D eigenvalue weighted by atomic mass is 32.2. The number of amides is 1. The third kappa shape index (κ3) is 3.27. The van der Waals surface area contributed by atoms with Crippen molar-refractivity contribution in [3.8, 4) is 0 Å². The molecule has 3 rings (SSSR count). The Morgan fingerprint density at radius 2 is 1.81 bits per heavy atom. The molecule has 0 radical (unpaired) electrons. The van der Waals surface area contributed by atoms with Gasteiger partial charge in [0.05, 0.1) is 0 Å². The molecular weight excluding hydrogens is 280 g/mol. The molecule has 1 amide bonds. The first-order valence-corrected chi connectivity index (χ1v) is 9.10. The lowest BCUT2D eigenvalue weighted by Crippen LogP contribution is -2.53. The Hall–Kier alpha value is -1.00. The minimum atomic E-state index is 0.0695. The Morgan fingerprint density at radius 3 is 2.38 bits per heavy atom. The summed E-state index contributed by atoms with van der Waals surface area (Å²) in [6.45, 7) is 0. The van der Waals surface area contributed by atoms with E-state index in [9.17, 15) is 4.79 Å². The van der Waals surface area contributed by atoms with Gasteiger partial charge in [-0.1, -0.05) is 6.42 Å². The number of fused-ring (bicyclic) bond motifs is 2. The summed E-state index contributed by atoms with van der Waals surface area (Å²) in [7, 11) is 0. The second kappa shape index (κ2) is 6.41. The normalized spacial score (nSPS) is 31.7. The molecule has 2 saturated carbocycles. The summed E-state index contributed by atoms with van der Waals surface area (Å²) >= 11 is 1.69. The fourth-order valence-corrected chi connectivity index (χ4v) is 4.41. The highest BCUT2D eigenvalue weighted by Gasteiger charge is 2.39. The number of rotatable bonds is 3. The van der Waals surface area contributed by atoms with Gasteiger partial charge in [0, 0.05) is 22.5 Å². The Labute approximate surface area is 131 Å². The van der Waals surface area contributed by atoms with Crippen LogP contribution in [0.5, 0.6) is 0 Å². The first-order valence-electron chi connectivity index (χ1n) is 7.88. The summed E-state index contributed by atoms with van der Waals surface area (Å²) in [5.41, 5.74) is 6.91. The average molecular weight is 304 g/mol. The van der Waals surface area contributed by atoms with Crippen molar-refractivity contribution in [1.82, 2.24) is 5.32 Å². The van der Waals surface area contributed by atoms with Gasteiger partial charge in [0.15, 0.2) is 0 Å². The molecule has 114 valence electrons. The molecule has 21 heavy (non-hydrogen) atoms. The van der Waals surface area contributed by atoms with Crippen LogP contribution in [0.25, 0.3) is 0 Å². The van der Waals surface area contributed by atoms with Crippen molar-refractivity contribution >= 4 is 17.7 Å². The van der Waals surface area contributed by atoms with Crippen LogP contribution in [0.3, 0.4) is 0 Å². The van der Waals surface area contributed by atoms with E-state index in [-0.39, 0.29) is 5.91 Å². The van der Waals surface area contributed by atoms with Gasteiger partial charge in [-0.05, 0) is 68.0 Å². The van der Waals surface area contributed by atoms with Crippen LogP contribution in [0.15, 0.2) is 29.2 Å². The van der Waals surface area contributed by atoms with Gasteiger partial charge in [-0.15, -0.1) is 11.8 Å². The Morgan fingerprint density at radius 1 is 1.19 bits per heavy atom. The third-order valence-electron chi connectivity index (χ3n) is 5.03. The molecule has 2 unspecified atom stereocenters. The van der Waals surface area contributed by atoms with E-state index in [1.165, 1.54) is 24.2 Å². The molecule has 1 aromatic rings. The van der Waals surface area contributed by atoms with Gasteiger partial charge in [-0.3, -0.25) is 4.79 Å². The molecule has 2 bridgehead atoms. The van der Waals surface area contributed by atoms with E-state index in [0.29, 0.717) is 23.9 Å². The average Bonchev–Trinajstić information content (AvgIpc) is 2.48. The fraction of sp³-hybridized carbons (Fsp3) is 0.588. The number of nitrogens with two attached hydrogens (primary N) is 1. The second-order valence-corrected chi connectivity index (χ2v) is 7.29. The highest BCUT2D eigenvalue weighted by molar-refractivity contribution is 7.98. The van der Waals surface area contributed by atoms with E-state index in [2.05, 4.69) is 5.32 Å². The largest absolute Gasteiger partial charge is 0.349 e. The highest BCUT2D eigenvalue weighted by Crippen LogP contribution is 2.39. The van der Waals surface area contributed by atoms with E-state index in [4.69, 9.17) is 5.73 Å². The minimum Gasteiger partial charge on any atom is -0.349 e. The van der Waals surface area contributed by atoms with Gasteiger partial charge >= 0.3 is 0 Å². The molecule has 2 aliphatic rings. The van der Waals surface area contributed by atoms with Gasteiger partial charge in [0.25, 0.3) is 5.91 Å². The van der Waals surface area contributed by atoms with Crippen molar-refractivity contribution in [2.75, 3.05) is 6.26 Å². The van der Waals surface area contributed by atoms with E-state index >= 15 is 0 Å². The van der Waals surface area contributed by atoms with Crippen molar-refractivity contribution in [2.24, 2.45) is 17.6 Å². The van der Waals surface area contributed by atoms with E-state index < -0.39 is 0 Å². The zero-order chi connectivity index (χ0) is 14.8. The van der Waals surface area contributed by atoms with Crippen LogP contribution in [0.1, 0.15) is 42.5 Å². The van der Waals surface area contributed by atoms with Crippen molar-refractivity contribution in [1.29, 1.82) is 0 Å². The molecular formula is C17H24N2OS. The molecule has 4 heteroatoms. The number of benzene rings is 1. The quantitative estimate of drug-likeness (QED) is 0.844. The Bertz CT molecular complexity index is 488. The Balaban J connectivity index is 1.68. The van der Waals surface area contributed by atoms with Gasteiger partial charge < -0.3 is 11.1 Å². The zero-order valence-corrected chi connectivity index (χ0v) is 13.4. The minimum absolute atomic E-state index is 0.0695. The molecule has 2 atom stereocenters. The van der Waals surface area contributed by atoms with Gasteiger partial charge in [0.1, 0.15) is 0 Å². The molecule has 1 aromatic carbocycles. The smallest absolute Gasteiger partial charge is 0.251 e. The standard InChI is InChI=1S/C17H24N2OS/c1-21-15-7-5-11(6-8-15)17(20)19-16-12-3-2-4-13(16)10-14(18)9-12/h5-8,12-14,16H,2-4,9-10,18H2,1H3,(H,19,20). The molecule has 0 aromatic heterocycles. The van der Waals surface area contributed by atoms with Gasteiger partial charge in [-0.25, -0.2) is 0 Å². The fourth-order valence-electron chi connectivity index (χ4n) is 4.00. The molecule has 0 aliphatic heterocycles. The summed E-state index contributed by atoms with van der Waals surface area (Å²) in [5, 5.41) is 3.29. The van der Waals surface area contributed by atoms with Crippen molar-refractivity contribution in [3.05, 3.63) is 29.8 Å². The van der Waals surface area contributed by atoms with E-state index in [1.54, 1.807) is 11.8 Å². The number of hydrogen-bond acceptors (Lipinski definition) is 3. The maximum atomic E-state index is 12.5. The van der Waals surface area contributed by atoms with Crippen LogP contribution in [0, 0.1) is 11.8 Å². The van der Waals surface area contributed by atoms with Crippen molar-refractivity contribution in [2.45, 2.75) is 49.1 Å². The summed E-state index contributed by atoms with van der Waals surface area (Å²) in [6.07, 6.45) is 7.87. The predicted molar refractivity (Wildman–Crippen MR) is 87.5 cm³/mol. The maximum Gasteiger partial charge on any atom is 0.251 e. The Kier molecular flexibility index (Phi) is 4.55. The summed E-state index contributed by atoms with van der Waals surface area (Å²) in [6, 6.07) is 8.52. The lowest BCUT2D eigenvalue weighted by Gasteiger charge is -2.45. The number of nitrogens with one attached hydrogen (secondary N) is 1. The zero-order valence-electron chi connectivity index (χ0n) is 12.5. The van der Waals surface area contributed by atoms with Gasteiger partial charge in [-0.2, -0.15) is 0 Å². The number of carbonyl (C=O) groups excluding carboxylic acids is 1. The number of carbonyl (C=O) groups is 1. The summed E-state index contributed by atoms with van der Waals surface area (Å²) in [4.78, 5) is 13.7. The molecule has 0 heterocycles. The SMILES string of the molecule is CSc1ccc(C(=O)NC2C3CCCC2CC(N)C3)cc1. The molecule has 0 saturated heterocycles. The van der Waals surface area contributed by atoms with Gasteiger partial charge in [0.2, 0.25) is 0 Å². The van der Waals surface area contributed by atoms with Crippen LogP contribution in [0.4, 0.5) is 0 Å². The van der Waals surface area contributed by atoms with E-state index in [0.717, 1.165) is 18.4 Å². The molecule has 0 spiro atoms. The molecule has 3 N–H and O–H groups in total. The van der Waals surface area contributed by atoms with E-state index in [1.807, 2.05) is 30.5 Å². The molecule has 2 fully saturated rings. The first kappa shape index (κ1) is 14.9. The monoisotopic (exact) mass is 304 g/mol. The first-order chi connectivity index (χ1) is 10.2. The van der Waals surface area contributed by atoms with Crippen LogP contribution in [-0.2, 0) is 0 Å². The van der Waals surface area contributed by atoms with Crippen LogP contribution < -0.4 is 11.1 Å². The molecule has 2 aliphatic carbocycles. The third-order valence-corrected chi connectivity index (χ3v) is 5.77. The van der Waals surface area contributed by atoms with Crippen molar-refractivity contribution < 1.29 is 4.79 Å². The second-order valence-electron chi connectivity index (χ2n) is 6.41. The van der Waals surface area contributed by atoms with Crippen LogP contribution in [-0.4, -0.2) is 24.2 Å². The lowest BCUT2D eigenvalue weighted by molar-refractivity contribution is 0.0756. The topological polar surface area (TPSA) is 55.1 Å². The molecule has 3 nitrogen and oxygen atoms in total. The maximum absolute atomic E-state index is 12.5. The lowest BCUT2D eigenvalue weighted by atomic mass is 9.67. The summed E-state index contributed by atoms with van der Waals surface area (Å²) in [5.74, 6) is 1.21. The summed E-state index contributed by atoms with van der Waals surface area (Å²) < 4.78 is 0. The predicted octanol–water partition coefficient (Wildman–Crippen LogP) is 3.04. The number of hydrogen-bond donors (Lipinski definition) is 2. The van der Waals surface area contributed by atoms with Crippen molar-refractivity contribution in [3.63, 3.8) is 0 Å². The van der Waals surface area contributed by atoms with Crippen LogP contribution in [0.2, 0.25) is 0 Å². The number of thioether (sulfide) groups is 1. The van der Waals surface area contributed by atoms with Crippen LogP contribution >= 0.6 is 11.8 Å².